The Morgan fingerprint density at radius 1 is 1.29 bits per heavy atom. The van der Waals surface area contributed by atoms with Crippen LogP contribution in [0, 0.1) is 12.8 Å². The standard InChI is InChI=1S/C17H21N3O3.ClH/c1-11-19-10-15(23-11)12-2-4-14(5-3-12)20-17(21)16(18)13-6-8-22-9-7-13;/h2-5,10,13,16H,6-9,18H2,1H3,(H,20,21);1H. The number of hydrogen-bond donors (Lipinski definition) is 2. The van der Waals surface area contributed by atoms with Gasteiger partial charge in [0.05, 0.1) is 12.2 Å². The van der Waals surface area contributed by atoms with E-state index in [-0.39, 0.29) is 24.2 Å². The molecule has 3 N–H and O–H groups in total. The van der Waals surface area contributed by atoms with Gasteiger partial charge in [-0.3, -0.25) is 4.79 Å². The second kappa shape index (κ2) is 8.28. The molecular formula is C17H22ClN3O3. The molecule has 24 heavy (non-hydrogen) atoms. The summed E-state index contributed by atoms with van der Waals surface area (Å²) in [6.45, 7) is 3.16. The minimum atomic E-state index is -0.504. The first-order valence-corrected chi connectivity index (χ1v) is 7.80. The van der Waals surface area contributed by atoms with Gasteiger partial charge in [0.1, 0.15) is 0 Å². The summed E-state index contributed by atoms with van der Waals surface area (Å²) in [6.07, 6.45) is 3.35. The number of ether oxygens (including phenoxy) is 1. The summed E-state index contributed by atoms with van der Waals surface area (Å²) >= 11 is 0. The largest absolute Gasteiger partial charge is 0.441 e. The fourth-order valence-electron chi connectivity index (χ4n) is 2.73. The number of rotatable bonds is 4. The fourth-order valence-corrected chi connectivity index (χ4v) is 2.73. The molecule has 7 heteroatoms. The minimum Gasteiger partial charge on any atom is -0.441 e. The molecule has 1 aliphatic rings. The highest BCUT2D eigenvalue weighted by Crippen LogP contribution is 2.23. The Labute approximate surface area is 147 Å². The van der Waals surface area contributed by atoms with Crippen LogP contribution in [0.5, 0.6) is 0 Å². The number of carbonyl (C=O) groups is 1. The predicted molar refractivity (Wildman–Crippen MR) is 94.1 cm³/mol. The third-order valence-electron chi connectivity index (χ3n) is 4.13. The molecule has 1 saturated heterocycles. The lowest BCUT2D eigenvalue weighted by Crippen LogP contribution is -2.43. The quantitative estimate of drug-likeness (QED) is 0.883. The van der Waals surface area contributed by atoms with Gasteiger partial charge in [-0.05, 0) is 43.0 Å². The van der Waals surface area contributed by atoms with Gasteiger partial charge in [-0.25, -0.2) is 4.98 Å². The van der Waals surface area contributed by atoms with Crippen LogP contribution < -0.4 is 11.1 Å². The van der Waals surface area contributed by atoms with Crippen LogP contribution in [0.15, 0.2) is 34.9 Å². The number of nitrogens with zero attached hydrogens (tertiary/aromatic N) is 1. The SMILES string of the molecule is Cc1ncc(-c2ccc(NC(=O)C(N)C3CCOCC3)cc2)o1.Cl. The number of aryl methyl sites for hydroxylation is 1. The van der Waals surface area contributed by atoms with E-state index in [0.29, 0.717) is 24.9 Å². The monoisotopic (exact) mass is 351 g/mol. The minimum absolute atomic E-state index is 0. The molecule has 1 aliphatic heterocycles. The number of hydrogen-bond acceptors (Lipinski definition) is 5. The van der Waals surface area contributed by atoms with Gasteiger partial charge in [-0.2, -0.15) is 0 Å². The van der Waals surface area contributed by atoms with Gasteiger partial charge in [0.15, 0.2) is 11.7 Å². The number of carbonyl (C=O) groups excluding carboxylic acids is 1. The lowest BCUT2D eigenvalue weighted by atomic mass is 9.92. The topological polar surface area (TPSA) is 90.4 Å². The highest BCUT2D eigenvalue weighted by Gasteiger charge is 2.26. The number of benzene rings is 1. The van der Waals surface area contributed by atoms with E-state index in [0.717, 1.165) is 24.1 Å². The molecule has 1 atom stereocenters. The summed E-state index contributed by atoms with van der Waals surface area (Å²) < 4.78 is 10.8. The molecule has 1 fully saturated rings. The molecule has 0 saturated carbocycles. The zero-order valence-corrected chi connectivity index (χ0v) is 14.3. The normalized spacial score (nSPS) is 16.2. The summed E-state index contributed by atoms with van der Waals surface area (Å²) in [7, 11) is 0. The molecule has 1 aromatic heterocycles. The number of oxazole rings is 1. The first-order valence-electron chi connectivity index (χ1n) is 7.80. The van der Waals surface area contributed by atoms with Crippen LogP contribution >= 0.6 is 12.4 Å². The van der Waals surface area contributed by atoms with Crippen LogP contribution in [-0.4, -0.2) is 30.1 Å². The van der Waals surface area contributed by atoms with Crippen LogP contribution in [0.4, 0.5) is 5.69 Å². The van der Waals surface area contributed by atoms with Crippen LogP contribution in [0.1, 0.15) is 18.7 Å². The Kier molecular flexibility index (Phi) is 6.36. The third-order valence-corrected chi connectivity index (χ3v) is 4.13. The van der Waals surface area contributed by atoms with E-state index in [1.807, 2.05) is 24.3 Å². The third kappa shape index (κ3) is 4.35. The van der Waals surface area contributed by atoms with E-state index in [9.17, 15) is 4.79 Å². The Hall–Kier alpha value is -1.89. The van der Waals surface area contributed by atoms with Gasteiger partial charge < -0.3 is 20.2 Å². The number of amides is 1. The van der Waals surface area contributed by atoms with Crippen molar-refractivity contribution in [3.05, 3.63) is 36.4 Å². The number of nitrogens with two attached hydrogens (primary N) is 1. The Morgan fingerprint density at radius 3 is 2.54 bits per heavy atom. The van der Waals surface area contributed by atoms with Gasteiger partial charge in [0, 0.05) is 31.4 Å². The molecular weight excluding hydrogens is 330 g/mol. The van der Waals surface area contributed by atoms with Crippen molar-refractivity contribution in [3.8, 4) is 11.3 Å². The molecule has 1 aromatic carbocycles. The van der Waals surface area contributed by atoms with E-state index in [1.165, 1.54) is 0 Å². The molecule has 1 unspecified atom stereocenters. The second-order valence-corrected chi connectivity index (χ2v) is 5.79. The number of aromatic nitrogens is 1. The van der Waals surface area contributed by atoms with Crippen LogP contribution in [0.2, 0.25) is 0 Å². The van der Waals surface area contributed by atoms with E-state index in [4.69, 9.17) is 14.9 Å². The summed E-state index contributed by atoms with van der Waals surface area (Å²) in [6, 6.07) is 6.93. The maximum absolute atomic E-state index is 12.3. The van der Waals surface area contributed by atoms with E-state index in [2.05, 4.69) is 10.3 Å². The Balaban J connectivity index is 0.00000208. The second-order valence-electron chi connectivity index (χ2n) is 5.79. The maximum Gasteiger partial charge on any atom is 0.241 e. The van der Waals surface area contributed by atoms with Gasteiger partial charge in [-0.1, -0.05) is 0 Å². The smallest absolute Gasteiger partial charge is 0.241 e. The number of nitrogens with one attached hydrogen (secondary N) is 1. The number of halogens is 1. The van der Waals surface area contributed by atoms with E-state index >= 15 is 0 Å². The van der Waals surface area contributed by atoms with E-state index < -0.39 is 6.04 Å². The Bertz CT molecular complexity index is 666. The summed E-state index contributed by atoms with van der Waals surface area (Å²) in [5.41, 5.74) is 7.71. The van der Waals surface area contributed by atoms with Crippen molar-refractivity contribution in [3.63, 3.8) is 0 Å². The van der Waals surface area contributed by atoms with Crippen LogP contribution in [0.25, 0.3) is 11.3 Å². The first-order chi connectivity index (χ1) is 11.1. The van der Waals surface area contributed by atoms with Gasteiger partial charge in [-0.15, -0.1) is 12.4 Å². The zero-order valence-electron chi connectivity index (χ0n) is 13.5. The Morgan fingerprint density at radius 2 is 1.96 bits per heavy atom. The highest BCUT2D eigenvalue weighted by atomic mass is 35.5. The van der Waals surface area contributed by atoms with Gasteiger partial charge in [0.2, 0.25) is 5.91 Å². The van der Waals surface area contributed by atoms with Crippen molar-refractivity contribution in [2.24, 2.45) is 11.7 Å². The van der Waals surface area contributed by atoms with Crippen LogP contribution in [-0.2, 0) is 9.53 Å². The molecule has 0 bridgehead atoms. The molecule has 0 spiro atoms. The lowest BCUT2D eigenvalue weighted by molar-refractivity contribution is -0.119. The first kappa shape index (κ1) is 18.4. The van der Waals surface area contributed by atoms with Crippen molar-refractivity contribution in [1.82, 2.24) is 4.98 Å². The van der Waals surface area contributed by atoms with E-state index in [1.54, 1.807) is 13.1 Å². The summed E-state index contributed by atoms with van der Waals surface area (Å²) in [5, 5.41) is 2.87. The predicted octanol–water partition coefficient (Wildman–Crippen LogP) is 2.76. The highest BCUT2D eigenvalue weighted by molar-refractivity contribution is 5.95. The molecule has 2 aromatic rings. The van der Waals surface area contributed by atoms with Gasteiger partial charge >= 0.3 is 0 Å². The lowest BCUT2D eigenvalue weighted by Gasteiger charge is -2.26. The molecule has 130 valence electrons. The fraction of sp³-hybridized carbons (Fsp3) is 0.412. The average molecular weight is 352 g/mol. The van der Waals surface area contributed by atoms with Crippen molar-refractivity contribution in [1.29, 1.82) is 0 Å². The molecule has 2 heterocycles. The van der Waals surface area contributed by atoms with Crippen molar-refractivity contribution in [2.45, 2.75) is 25.8 Å². The summed E-state index contributed by atoms with van der Waals surface area (Å²) in [4.78, 5) is 16.3. The molecule has 0 aliphatic carbocycles. The summed E-state index contributed by atoms with van der Waals surface area (Å²) in [5.74, 6) is 1.36. The van der Waals surface area contributed by atoms with Crippen molar-refractivity contribution in [2.75, 3.05) is 18.5 Å². The van der Waals surface area contributed by atoms with Crippen molar-refractivity contribution >= 4 is 24.0 Å². The zero-order chi connectivity index (χ0) is 16.2. The van der Waals surface area contributed by atoms with Crippen LogP contribution in [0.3, 0.4) is 0 Å². The van der Waals surface area contributed by atoms with Gasteiger partial charge in [0.25, 0.3) is 0 Å². The molecule has 0 radical (unpaired) electrons. The molecule has 6 nitrogen and oxygen atoms in total. The molecule has 3 rings (SSSR count). The van der Waals surface area contributed by atoms with Crippen molar-refractivity contribution < 1.29 is 13.9 Å². The number of anilines is 1. The maximum atomic E-state index is 12.3. The average Bonchev–Trinajstić information content (AvgIpc) is 3.02. The molecule has 1 amide bonds.